The number of halogens is 4. The van der Waals surface area contributed by atoms with Crippen molar-refractivity contribution in [1.82, 2.24) is 15.7 Å². The molecule has 0 aliphatic carbocycles. The zero-order chi connectivity index (χ0) is 24.7. The van der Waals surface area contributed by atoms with Gasteiger partial charge >= 0.3 is 6.18 Å². The number of nitrogens with zero attached hydrogens (tertiary/aromatic N) is 3. The Labute approximate surface area is 195 Å². The van der Waals surface area contributed by atoms with Crippen LogP contribution in [-0.4, -0.2) is 24.2 Å². The van der Waals surface area contributed by atoms with E-state index in [0.29, 0.717) is 34.7 Å². The van der Waals surface area contributed by atoms with E-state index in [0.717, 1.165) is 5.82 Å². The Morgan fingerprint density at radius 1 is 1.35 bits per heavy atom. The van der Waals surface area contributed by atoms with Gasteiger partial charge in [0, 0.05) is 12.2 Å². The lowest BCUT2D eigenvalue weighted by Gasteiger charge is -2.31. The van der Waals surface area contributed by atoms with Crippen molar-refractivity contribution in [2.24, 2.45) is 0 Å². The number of allylic oxidation sites excluding steroid dienone is 3. The zero-order valence-electron chi connectivity index (χ0n) is 18.5. The number of dihydropyridines is 1. The van der Waals surface area contributed by atoms with E-state index < -0.39 is 24.5 Å². The Morgan fingerprint density at radius 2 is 2.15 bits per heavy atom. The van der Waals surface area contributed by atoms with Gasteiger partial charge in [-0.1, -0.05) is 18.2 Å². The number of rotatable bonds is 9. The Balaban J connectivity index is 1.93. The molecule has 3 rings (SSSR count). The van der Waals surface area contributed by atoms with Crippen molar-refractivity contribution in [3.8, 4) is 6.07 Å². The summed E-state index contributed by atoms with van der Waals surface area (Å²) in [5.74, 6) is -0.427. The van der Waals surface area contributed by atoms with Crippen LogP contribution in [0.4, 0.5) is 28.9 Å². The minimum atomic E-state index is -4.34. The van der Waals surface area contributed by atoms with E-state index in [9.17, 15) is 22.8 Å². The van der Waals surface area contributed by atoms with Gasteiger partial charge in [0.25, 0.3) is 0 Å². The standard InChI is InChI=1S/C24H24F4N6/c1-3-17(12-29)20-11-21(25)16(2)10-22(20)34(23-6-4-5-9-30-23)14-19-8-7-18(13-31-19)33-32-15-24(26,27)28/h3-8,10-11,13,17,30,32-33H,1,9,14-15H2,2H3. The summed E-state index contributed by atoms with van der Waals surface area (Å²) in [6, 6.07) is 8.44. The highest BCUT2D eigenvalue weighted by molar-refractivity contribution is 5.63. The first kappa shape index (κ1) is 24.8. The molecule has 1 atom stereocenters. The smallest absolute Gasteiger partial charge is 0.368 e. The topological polar surface area (TPSA) is 76.0 Å². The molecule has 1 aromatic carbocycles. The van der Waals surface area contributed by atoms with Gasteiger partial charge in [0.05, 0.1) is 36.1 Å². The molecule has 0 fully saturated rings. The van der Waals surface area contributed by atoms with Crippen LogP contribution in [0.5, 0.6) is 0 Å². The maximum Gasteiger partial charge on any atom is 0.402 e. The maximum absolute atomic E-state index is 14.4. The molecule has 3 N–H and O–H groups in total. The molecule has 0 spiro atoms. The monoisotopic (exact) mass is 472 g/mol. The van der Waals surface area contributed by atoms with Crippen LogP contribution >= 0.6 is 0 Å². The first-order valence-electron chi connectivity index (χ1n) is 10.4. The number of aryl methyl sites for hydroxylation is 1. The average molecular weight is 472 g/mol. The first-order chi connectivity index (χ1) is 16.2. The predicted octanol–water partition coefficient (Wildman–Crippen LogP) is 4.81. The molecule has 0 saturated heterocycles. The van der Waals surface area contributed by atoms with Crippen molar-refractivity contribution in [3.05, 3.63) is 89.8 Å². The molecular weight excluding hydrogens is 448 g/mol. The molecular formula is C24H24F4N6. The van der Waals surface area contributed by atoms with Crippen LogP contribution in [-0.2, 0) is 6.54 Å². The summed E-state index contributed by atoms with van der Waals surface area (Å²) in [6.45, 7) is 5.01. The fourth-order valence-electron chi connectivity index (χ4n) is 3.35. The molecule has 1 unspecified atom stereocenters. The fourth-order valence-corrected chi connectivity index (χ4v) is 3.35. The molecule has 6 nitrogen and oxygen atoms in total. The molecule has 1 aliphatic rings. The number of nitrogens with one attached hydrogen (secondary N) is 3. The minimum Gasteiger partial charge on any atom is -0.368 e. The van der Waals surface area contributed by atoms with Gasteiger partial charge in [-0.15, -0.1) is 6.58 Å². The Morgan fingerprint density at radius 3 is 2.74 bits per heavy atom. The third kappa shape index (κ3) is 6.36. The van der Waals surface area contributed by atoms with Crippen LogP contribution in [0.1, 0.15) is 22.7 Å². The summed E-state index contributed by atoms with van der Waals surface area (Å²) in [5.41, 5.74) is 7.04. The number of hydrogen-bond donors (Lipinski definition) is 3. The second kappa shape index (κ2) is 10.9. The van der Waals surface area contributed by atoms with Crippen LogP contribution in [0.2, 0.25) is 0 Å². The lowest BCUT2D eigenvalue weighted by Crippen LogP contribution is -2.34. The van der Waals surface area contributed by atoms with Gasteiger partial charge in [0.1, 0.15) is 18.2 Å². The first-order valence-corrected chi connectivity index (χ1v) is 10.4. The average Bonchev–Trinajstić information content (AvgIpc) is 2.81. The number of hydrogen-bond acceptors (Lipinski definition) is 6. The number of anilines is 2. The van der Waals surface area contributed by atoms with E-state index in [-0.39, 0.29) is 6.54 Å². The van der Waals surface area contributed by atoms with Gasteiger partial charge < -0.3 is 15.6 Å². The number of alkyl halides is 3. The van der Waals surface area contributed by atoms with Crippen LogP contribution in [0.15, 0.2) is 67.2 Å². The Hall–Kier alpha value is -3.84. The number of benzene rings is 1. The summed E-state index contributed by atoms with van der Waals surface area (Å²) in [5, 5.41) is 12.9. The third-order valence-corrected chi connectivity index (χ3v) is 5.06. The van der Waals surface area contributed by atoms with Crippen molar-refractivity contribution < 1.29 is 17.6 Å². The molecule has 10 heteroatoms. The Bertz CT molecular complexity index is 1120. The molecule has 2 heterocycles. The van der Waals surface area contributed by atoms with Crippen molar-refractivity contribution in [1.29, 1.82) is 5.26 Å². The van der Waals surface area contributed by atoms with E-state index in [1.807, 2.05) is 23.1 Å². The second-order valence-electron chi connectivity index (χ2n) is 7.58. The van der Waals surface area contributed by atoms with Gasteiger partial charge in [-0.05, 0) is 48.4 Å². The highest BCUT2D eigenvalue weighted by Gasteiger charge is 2.26. The molecule has 1 aliphatic heterocycles. The number of pyridine rings is 1. The van der Waals surface area contributed by atoms with E-state index >= 15 is 0 Å². The summed E-state index contributed by atoms with van der Waals surface area (Å²) in [4.78, 5) is 6.24. The number of aromatic nitrogens is 1. The summed E-state index contributed by atoms with van der Waals surface area (Å²) in [7, 11) is 0. The lowest BCUT2D eigenvalue weighted by atomic mass is 9.96. The van der Waals surface area contributed by atoms with Gasteiger partial charge in [-0.3, -0.25) is 4.98 Å². The molecule has 178 valence electrons. The van der Waals surface area contributed by atoms with Crippen molar-refractivity contribution >= 4 is 11.4 Å². The van der Waals surface area contributed by atoms with Gasteiger partial charge in [0.2, 0.25) is 0 Å². The van der Waals surface area contributed by atoms with Crippen LogP contribution in [0, 0.1) is 24.1 Å². The largest absolute Gasteiger partial charge is 0.402 e. The van der Waals surface area contributed by atoms with Gasteiger partial charge in [-0.2, -0.15) is 18.4 Å². The molecule has 0 amide bonds. The minimum absolute atomic E-state index is 0.260. The van der Waals surface area contributed by atoms with E-state index in [4.69, 9.17) is 0 Å². The molecule has 0 saturated carbocycles. The fraction of sp³-hybridized carbons (Fsp3) is 0.250. The van der Waals surface area contributed by atoms with E-state index in [1.165, 1.54) is 18.3 Å². The van der Waals surface area contributed by atoms with Crippen molar-refractivity contribution in [2.75, 3.05) is 23.4 Å². The lowest BCUT2D eigenvalue weighted by molar-refractivity contribution is -0.123. The van der Waals surface area contributed by atoms with Crippen molar-refractivity contribution in [2.45, 2.75) is 25.6 Å². The summed E-state index contributed by atoms with van der Waals surface area (Å²) >= 11 is 0. The molecule has 1 aromatic heterocycles. The summed E-state index contributed by atoms with van der Waals surface area (Å²) < 4.78 is 51.4. The van der Waals surface area contributed by atoms with Gasteiger partial charge in [0.15, 0.2) is 0 Å². The van der Waals surface area contributed by atoms with Crippen LogP contribution in [0.3, 0.4) is 0 Å². The molecule has 34 heavy (non-hydrogen) atoms. The molecule has 0 radical (unpaired) electrons. The van der Waals surface area contributed by atoms with Gasteiger partial charge in [-0.25, -0.2) is 9.82 Å². The number of nitriles is 1. The quantitative estimate of drug-likeness (QED) is 0.276. The van der Waals surface area contributed by atoms with Crippen LogP contribution < -0.4 is 21.1 Å². The predicted molar refractivity (Wildman–Crippen MR) is 123 cm³/mol. The van der Waals surface area contributed by atoms with E-state index in [2.05, 4.69) is 33.8 Å². The SMILES string of the molecule is C=CC(C#N)c1cc(F)c(C)cc1N(Cc1ccc(NNCC(F)(F)F)cn1)C1=CC=CCN1. The number of hydrazine groups is 1. The third-order valence-electron chi connectivity index (χ3n) is 5.06. The summed E-state index contributed by atoms with van der Waals surface area (Å²) in [6.07, 6.45) is 4.22. The Kier molecular flexibility index (Phi) is 7.91. The highest BCUT2D eigenvalue weighted by atomic mass is 19.4. The maximum atomic E-state index is 14.4. The van der Waals surface area contributed by atoms with Crippen LogP contribution in [0.25, 0.3) is 0 Å². The zero-order valence-corrected chi connectivity index (χ0v) is 18.5. The van der Waals surface area contributed by atoms with Crippen molar-refractivity contribution in [3.63, 3.8) is 0 Å². The molecule has 0 bridgehead atoms. The normalized spacial score (nSPS) is 13.9. The second-order valence-corrected chi connectivity index (χ2v) is 7.58. The highest BCUT2D eigenvalue weighted by Crippen LogP contribution is 2.34. The molecule has 2 aromatic rings. The van der Waals surface area contributed by atoms with E-state index in [1.54, 1.807) is 25.1 Å².